The van der Waals surface area contributed by atoms with E-state index in [1.54, 1.807) is 4.90 Å². The number of benzene rings is 1. The standard InChI is InChI=1S/C29H44BN3O8/c1-28(2)29(3,4)41-30(40-28)24(12-8-11-21-9-6-5-7-10-21)31-26(35)23(19-25(34)32-14-17-38-18-15-32)33(27(36)37)22-13-16-39-20-22/h5-7,9-10,22-24H,8,11-20H2,1-4H3,(H,31,35)(H,36,37)/t22-,23?,24?/m0/s1. The number of ether oxygens (including phenoxy) is 2. The number of carbonyl (C=O) groups is 3. The molecule has 0 aliphatic carbocycles. The number of carboxylic acid groups (broad SMARTS) is 1. The maximum Gasteiger partial charge on any atom is 0.481 e. The monoisotopic (exact) mass is 573 g/mol. The third-order valence-corrected chi connectivity index (χ3v) is 8.64. The van der Waals surface area contributed by atoms with Crippen LogP contribution in [0.4, 0.5) is 4.79 Å². The molecular weight excluding hydrogens is 529 g/mol. The first kappa shape index (κ1) is 31.3. The SMILES string of the molecule is CC1(C)OB(C(CCCc2ccccc2)NC(=O)C(CC(=O)N2CCOCC2)N(C(=O)O)[C@H]2CCOC2)OC1(C)C. The van der Waals surface area contributed by atoms with Gasteiger partial charge in [0.1, 0.15) is 6.04 Å². The van der Waals surface area contributed by atoms with Crippen LogP contribution < -0.4 is 5.32 Å². The molecule has 0 spiro atoms. The van der Waals surface area contributed by atoms with Gasteiger partial charge in [-0.3, -0.25) is 14.5 Å². The average molecular weight is 573 g/mol. The molecule has 2 N–H and O–H groups in total. The second-order valence-electron chi connectivity index (χ2n) is 12.0. The van der Waals surface area contributed by atoms with Gasteiger partial charge >= 0.3 is 13.2 Å². The molecule has 3 atom stereocenters. The molecule has 11 nitrogen and oxygen atoms in total. The molecule has 2 unspecified atom stereocenters. The Labute approximate surface area is 243 Å². The lowest BCUT2D eigenvalue weighted by Gasteiger charge is -2.35. The van der Waals surface area contributed by atoms with Crippen molar-refractivity contribution >= 4 is 25.0 Å². The second-order valence-corrected chi connectivity index (χ2v) is 12.0. The minimum absolute atomic E-state index is 0.180. The van der Waals surface area contributed by atoms with Crippen molar-refractivity contribution in [1.82, 2.24) is 15.1 Å². The lowest BCUT2D eigenvalue weighted by Crippen LogP contribution is -2.59. The van der Waals surface area contributed by atoms with Crippen molar-refractivity contribution in [2.24, 2.45) is 0 Å². The summed E-state index contributed by atoms with van der Waals surface area (Å²) in [5.41, 5.74) is -0.0427. The number of nitrogens with zero attached hydrogens (tertiary/aromatic N) is 2. The molecule has 3 aliphatic rings. The van der Waals surface area contributed by atoms with E-state index < -0.39 is 48.3 Å². The van der Waals surface area contributed by atoms with Crippen molar-refractivity contribution in [2.45, 2.75) is 89.0 Å². The minimum Gasteiger partial charge on any atom is -0.465 e. The van der Waals surface area contributed by atoms with Crippen LogP contribution in [0.2, 0.25) is 0 Å². The van der Waals surface area contributed by atoms with Gasteiger partial charge in [0.2, 0.25) is 11.8 Å². The molecule has 226 valence electrons. The van der Waals surface area contributed by atoms with Gasteiger partial charge in [-0.1, -0.05) is 30.3 Å². The first-order valence-electron chi connectivity index (χ1n) is 14.6. The fraction of sp³-hybridized carbons (Fsp3) is 0.690. The van der Waals surface area contributed by atoms with Crippen molar-refractivity contribution in [3.63, 3.8) is 0 Å². The zero-order valence-corrected chi connectivity index (χ0v) is 24.7. The van der Waals surface area contributed by atoms with Gasteiger partial charge in [-0.05, 0) is 58.9 Å². The first-order valence-corrected chi connectivity index (χ1v) is 14.6. The highest BCUT2D eigenvalue weighted by molar-refractivity contribution is 6.48. The summed E-state index contributed by atoms with van der Waals surface area (Å²) in [4.78, 5) is 42.6. The van der Waals surface area contributed by atoms with Gasteiger partial charge in [-0.25, -0.2) is 4.79 Å². The molecule has 3 aliphatic heterocycles. The second kappa shape index (κ2) is 13.5. The molecule has 1 aromatic rings. The van der Waals surface area contributed by atoms with Gasteiger partial charge in [0.15, 0.2) is 0 Å². The third kappa shape index (κ3) is 7.79. The highest BCUT2D eigenvalue weighted by Gasteiger charge is 2.54. The summed E-state index contributed by atoms with van der Waals surface area (Å²) in [7, 11) is -0.733. The van der Waals surface area contributed by atoms with E-state index in [1.165, 1.54) is 5.56 Å². The number of aryl methyl sites for hydroxylation is 1. The lowest BCUT2D eigenvalue weighted by molar-refractivity contribution is -0.140. The van der Waals surface area contributed by atoms with E-state index >= 15 is 0 Å². The van der Waals surface area contributed by atoms with Crippen LogP contribution in [0.25, 0.3) is 0 Å². The zero-order chi connectivity index (χ0) is 29.6. The van der Waals surface area contributed by atoms with Gasteiger partial charge < -0.3 is 34.1 Å². The maximum absolute atomic E-state index is 14.0. The van der Waals surface area contributed by atoms with Crippen LogP contribution in [0.3, 0.4) is 0 Å². The Morgan fingerprint density at radius 2 is 1.71 bits per heavy atom. The topological polar surface area (TPSA) is 127 Å². The molecule has 12 heteroatoms. The Hall–Kier alpha value is -2.67. The Kier molecular flexibility index (Phi) is 10.3. The number of amides is 3. The number of rotatable bonds is 11. The van der Waals surface area contributed by atoms with E-state index in [0.29, 0.717) is 45.8 Å². The normalized spacial score (nSPS) is 23.2. The van der Waals surface area contributed by atoms with Crippen LogP contribution >= 0.6 is 0 Å². The van der Waals surface area contributed by atoms with Crippen LogP contribution in [0.1, 0.15) is 58.9 Å². The summed E-state index contributed by atoms with van der Waals surface area (Å²) in [5, 5.41) is 13.3. The van der Waals surface area contributed by atoms with Crippen LogP contribution in [0, 0.1) is 0 Å². The molecule has 3 amide bonds. The molecule has 4 rings (SSSR count). The summed E-state index contributed by atoms with van der Waals surface area (Å²) >= 11 is 0. The van der Waals surface area contributed by atoms with Crippen molar-refractivity contribution < 1.29 is 38.3 Å². The van der Waals surface area contributed by atoms with Crippen molar-refractivity contribution in [3.8, 4) is 0 Å². The van der Waals surface area contributed by atoms with E-state index in [1.807, 2.05) is 45.9 Å². The summed E-state index contributed by atoms with van der Waals surface area (Å²) in [6, 6.07) is 8.33. The van der Waals surface area contributed by atoms with E-state index in [0.717, 1.165) is 17.7 Å². The third-order valence-electron chi connectivity index (χ3n) is 8.64. The van der Waals surface area contributed by atoms with Crippen LogP contribution in [0.5, 0.6) is 0 Å². The predicted molar refractivity (Wildman–Crippen MR) is 152 cm³/mol. The van der Waals surface area contributed by atoms with Gasteiger partial charge in [0.25, 0.3) is 0 Å². The van der Waals surface area contributed by atoms with Crippen molar-refractivity contribution in [2.75, 3.05) is 39.5 Å². The van der Waals surface area contributed by atoms with Gasteiger partial charge in [-0.15, -0.1) is 0 Å². The van der Waals surface area contributed by atoms with Gasteiger partial charge in [0, 0.05) is 19.7 Å². The number of nitrogens with one attached hydrogen (secondary N) is 1. The quantitative estimate of drug-likeness (QED) is 0.387. The van der Waals surface area contributed by atoms with Crippen LogP contribution in [0.15, 0.2) is 30.3 Å². The fourth-order valence-corrected chi connectivity index (χ4v) is 5.49. The molecule has 3 heterocycles. The molecule has 3 saturated heterocycles. The molecule has 0 bridgehead atoms. The molecule has 0 radical (unpaired) electrons. The highest BCUT2D eigenvalue weighted by Crippen LogP contribution is 2.38. The Balaban J connectivity index is 1.55. The Morgan fingerprint density at radius 1 is 1.05 bits per heavy atom. The number of morpholine rings is 1. The summed E-state index contributed by atoms with van der Waals surface area (Å²) in [5.74, 6) is -1.38. The van der Waals surface area contributed by atoms with E-state index in [2.05, 4.69) is 17.4 Å². The minimum atomic E-state index is -1.26. The summed E-state index contributed by atoms with van der Waals surface area (Å²) < 4.78 is 23.4. The van der Waals surface area contributed by atoms with Gasteiger partial charge in [-0.2, -0.15) is 0 Å². The van der Waals surface area contributed by atoms with Crippen molar-refractivity contribution in [1.29, 1.82) is 0 Å². The fourth-order valence-electron chi connectivity index (χ4n) is 5.49. The Bertz CT molecular complexity index is 1030. The summed E-state index contributed by atoms with van der Waals surface area (Å²) in [6.45, 7) is 10.0. The highest BCUT2D eigenvalue weighted by atomic mass is 16.7. The molecule has 1 aromatic carbocycles. The lowest BCUT2D eigenvalue weighted by atomic mass is 9.75. The molecule has 3 fully saturated rings. The number of carbonyl (C=O) groups excluding carboxylic acids is 2. The van der Waals surface area contributed by atoms with E-state index in [-0.39, 0.29) is 18.9 Å². The Morgan fingerprint density at radius 3 is 2.29 bits per heavy atom. The first-order chi connectivity index (χ1) is 19.5. The maximum atomic E-state index is 14.0. The molecule has 0 aromatic heterocycles. The van der Waals surface area contributed by atoms with Gasteiger partial charge in [0.05, 0.1) is 49.4 Å². The predicted octanol–water partition coefficient (Wildman–Crippen LogP) is 2.51. The molecular formula is C29H44BN3O8. The van der Waals surface area contributed by atoms with E-state index in [4.69, 9.17) is 18.8 Å². The smallest absolute Gasteiger partial charge is 0.465 e. The van der Waals surface area contributed by atoms with Crippen LogP contribution in [-0.2, 0) is 34.8 Å². The van der Waals surface area contributed by atoms with E-state index in [9.17, 15) is 19.5 Å². The largest absolute Gasteiger partial charge is 0.481 e. The number of hydrogen-bond acceptors (Lipinski definition) is 7. The molecule has 41 heavy (non-hydrogen) atoms. The zero-order valence-electron chi connectivity index (χ0n) is 24.7. The average Bonchev–Trinajstić information content (AvgIpc) is 3.53. The molecule has 0 saturated carbocycles. The summed E-state index contributed by atoms with van der Waals surface area (Å²) in [6.07, 6.45) is 1.02. The number of hydrogen-bond donors (Lipinski definition) is 2. The van der Waals surface area contributed by atoms with Crippen molar-refractivity contribution in [3.05, 3.63) is 35.9 Å². The van der Waals surface area contributed by atoms with Crippen LogP contribution in [-0.4, -0.2) is 109 Å².